The number of alkyl halides is 2. The van der Waals surface area contributed by atoms with E-state index >= 15 is 0 Å². The fourth-order valence-corrected chi connectivity index (χ4v) is 1.67. The van der Waals surface area contributed by atoms with Gasteiger partial charge in [-0.3, -0.25) is 0 Å². The van der Waals surface area contributed by atoms with Crippen LogP contribution < -0.4 is 10.5 Å². The minimum atomic E-state index is -2.91. The number of hydrogen-bond acceptors (Lipinski definition) is 5. The fraction of sp³-hybridized carbons (Fsp3) is 0.385. The van der Waals surface area contributed by atoms with Gasteiger partial charge in [-0.05, 0) is 18.6 Å². The van der Waals surface area contributed by atoms with Gasteiger partial charge in [0.05, 0.1) is 5.56 Å². The molecule has 1 aromatic heterocycles. The largest absolute Gasteiger partial charge is 0.434 e. The maximum Gasteiger partial charge on any atom is 0.387 e. The molecule has 0 aliphatic heterocycles. The van der Waals surface area contributed by atoms with E-state index in [4.69, 9.17) is 10.3 Å². The molecule has 1 atom stereocenters. The zero-order valence-electron chi connectivity index (χ0n) is 10.9. The van der Waals surface area contributed by atoms with E-state index in [1.54, 1.807) is 18.2 Å². The highest BCUT2D eigenvalue weighted by Gasteiger charge is 2.17. The van der Waals surface area contributed by atoms with Crippen LogP contribution in [0, 0.1) is 0 Å². The lowest BCUT2D eigenvalue weighted by molar-refractivity contribution is -0.0495. The van der Waals surface area contributed by atoms with Crippen molar-refractivity contribution in [2.45, 2.75) is 32.4 Å². The Bertz CT molecular complexity index is 560. The van der Waals surface area contributed by atoms with Crippen molar-refractivity contribution >= 4 is 0 Å². The average molecular weight is 283 g/mol. The van der Waals surface area contributed by atoms with Crippen LogP contribution in [0.25, 0.3) is 11.5 Å². The Morgan fingerprint density at radius 3 is 2.80 bits per heavy atom. The van der Waals surface area contributed by atoms with Gasteiger partial charge in [0.1, 0.15) is 5.75 Å². The Morgan fingerprint density at radius 1 is 1.35 bits per heavy atom. The second-order valence-corrected chi connectivity index (χ2v) is 4.26. The summed E-state index contributed by atoms with van der Waals surface area (Å²) in [6.07, 6.45) is 1.26. The van der Waals surface area contributed by atoms with Gasteiger partial charge < -0.3 is 15.0 Å². The van der Waals surface area contributed by atoms with Crippen molar-refractivity contribution in [1.29, 1.82) is 0 Å². The molecule has 0 fully saturated rings. The first-order chi connectivity index (χ1) is 9.60. The number of halogens is 2. The van der Waals surface area contributed by atoms with Crippen LogP contribution in [0.3, 0.4) is 0 Å². The molecule has 2 rings (SSSR count). The summed E-state index contributed by atoms with van der Waals surface area (Å²) in [7, 11) is 0. The monoisotopic (exact) mass is 283 g/mol. The summed E-state index contributed by atoms with van der Waals surface area (Å²) in [5.74, 6) is 0.582. The van der Waals surface area contributed by atoms with E-state index in [0.717, 1.165) is 6.42 Å². The summed E-state index contributed by atoms with van der Waals surface area (Å²) in [5.41, 5.74) is 6.13. The molecule has 0 saturated carbocycles. The molecule has 1 unspecified atom stereocenters. The summed E-state index contributed by atoms with van der Waals surface area (Å²) in [6.45, 7) is -0.954. The van der Waals surface area contributed by atoms with Crippen LogP contribution in [-0.2, 0) is 6.42 Å². The van der Waals surface area contributed by atoms with Crippen LogP contribution in [0.15, 0.2) is 28.8 Å². The molecule has 0 radical (unpaired) electrons. The molecule has 0 spiro atoms. The van der Waals surface area contributed by atoms with Gasteiger partial charge >= 0.3 is 6.61 Å². The summed E-state index contributed by atoms with van der Waals surface area (Å²) < 4.78 is 34.2. The van der Waals surface area contributed by atoms with Gasteiger partial charge in [0.15, 0.2) is 5.82 Å². The van der Waals surface area contributed by atoms with Crippen molar-refractivity contribution in [3.05, 3.63) is 30.1 Å². The number of ether oxygens (including phenoxy) is 1. The topological polar surface area (TPSA) is 74.2 Å². The lowest BCUT2D eigenvalue weighted by Gasteiger charge is -2.07. The molecule has 0 saturated heterocycles. The molecule has 7 heteroatoms. The number of para-hydroxylation sites is 1. The van der Waals surface area contributed by atoms with E-state index in [1.165, 1.54) is 6.07 Å². The van der Waals surface area contributed by atoms with E-state index in [0.29, 0.717) is 17.8 Å². The van der Waals surface area contributed by atoms with Crippen molar-refractivity contribution in [2.75, 3.05) is 0 Å². The number of hydrogen-bond donors (Lipinski definition) is 1. The highest BCUT2D eigenvalue weighted by atomic mass is 19.3. The van der Waals surface area contributed by atoms with Gasteiger partial charge in [-0.1, -0.05) is 24.2 Å². The molecule has 20 heavy (non-hydrogen) atoms. The number of nitrogens with two attached hydrogens (primary N) is 1. The summed E-state index contributed by atoms with van der Waals surface area (Å²) in [6, 6.07) is 6.20. The van der Waals surface area contributed by atoms with E-state index in [9.17, 15) is 8.78 Å². The Kier molecular flexibility index (Phi) is 4.62. The molecule has 108 valence electrons. The minimum absolute atomic E-state index is 0.00232. The third-order valence-electron chi connectivity index (χ3n) is 2.77. The Labute approximate surface area is 114 Å². The van der Waals surface area contributed by atoms with E-state index in [1.807, 2.05) is 6.92 Å². The van der Waals surface area contributed by atoms with Crippen LogP contribution in [0.4, 0.5) is 8.78 Å². The maximum atomic E-state index is 12.3. The second kappa shape index (κ2) is 6.42. The molecule has 5 nitrogen and oxygen atoms in total. The quantitative estimate of drug-likeness (QED) is 0.882. The smallest absolute Gasteiger partial charge is 0.387 e. The molecule has 0 bridgehead atoms. The maximum absolute atomic E-state index is 12.3. The molecular formula is C13H15F2N3O2. The minimum Gasteiger partial charge on any atom is -0.434 e. The number of benzene rings is 1. The summed E-state index contributed by atoms with van der Waals surface area (Å²) >= 11 is 0. The van der Waals surface area contributed by atoms with Crippen LogP contribution in [0.2, 0.25) is 0 Å². The van der Waals surface area contributed by atoms with Gasteiger partial charge in [-0.25, -0.2) is 0 Å². The molecule has 1 heterocycles. The van der Waals surface area contributed by atoms with Crippen molar-refractivity contribution < 1.29 is 18.0 Å². The van der Waals surface area contributed by atoms with Crippen molar-refractivity contribution in [1.82, 2.24) is 10.1 Å². The van der Waals surface area contributed by atoms with Gasteiger partial charge in [0.25, 0.3) is 5.89 Å². The van der Waals surface area contributed by atoms with Gasteiger partial charge in [0, 0.05) is 12.5 Å². The number of aromatic nitrogens is 2. The molecule has 0 aliphatic carbocycles. The molecule has 0 amide bonds. The van der Waals surface area contributed by atoms with E-state index in [2.05, 4.69) is 14.9 Å². The van der Waals surface area contributed by atoms with Crippen LogP contribution >= 0.6 is 0 Å². The molecule has 2 aromatic rings. The lowest BCUT2D eigenvalue weighted by Crippen LogP contribution is -2.21. The van der Waals surface area contributed by atoms with Gasteiger partial charge in [-0.2, -0.15) is 13.8 Å². The van der Waals surface area contributed by atoms with Crippen LogP contribution in [-0.4, -0.2) is 22.8 Å². The van der Waals surface area contributed by atoms with Crippen molar-refractivity contribution in [2.24, 2.45) is 5.73 Å². The first-order valence-electron chi connectivity index (χ1n) is 6.22. The zero-order chi connectivity index (χ0) is 14.5. The predicted octanol–water partition coefficient (Wildman–Crippen LogP) is 2.62. The third kappa shape index (κ3) is 3.51. The SMILES string of the molecule is CCC(N)Cc1noc(-c2ccccc2OC(F)F)n1. The van der Waals surface area contributed by atoms with Gasteiger partial charge in [-0.15, -0.1) is 0 Å². The second-order valence-electron chi connectivity index (χ2n) is 4.26. The first kappa shape index (κ1) is 14.4. The van der Waals surface area contributed by atoms with Crippen molar-refractivity contribution in [3.8, 4) is 17.2 Å². The fourth-order valence-electron chi connectivity index (χ4n) is 1.67. The number of rotatable bonds is 6. The number of nitrogens with zero attached hydrogens (tertiary/aromatic N) is 2. The highest BCUT2D eigenvalue weighted by molar-refractivity contribution is 5.62. The highest BCUT2D eigenvalue weighted by Crippen LogP contribution is 2.29. The Hall–Kier alpha value is -2.02. The molecule has 0 aliphatic rings. The Balaban J connectivity index is 2.23. The first-order valence-corrected chi connectivity index (χ1v) is 6.22. The summed E-state index contributed by atoms with van der Waals surface area (Å²) in [5, 5.41) is 3.79. The van der Waals surface area contributed by atoms with E-state index in [-0.39, 0.29) is 17.7 Å². The predicted molar refractivity (Wildman–Crippen MR) is 68.3 cm³/mol. The molecule has 1 aromatic carbocycles. The summed E-state index contributed by atoms with van der Waals surface area (Å²) in [4.78, 5) is 4.15. The molecular weight excluding hydrogens is 268 g/mol. The zero-order valence-corrected chi connectivity index (χ0v) is 10.9. The standard InChI is InChI=1S/C13H15F2N3O2/c1-2-8(16)7-11-17-12(20-18-11)9-5-3-4-6-10(9)19-13(14)15/h3-6,8,13H,2,7,16H2,1H3. The van der Waals surface area contributed by atoms with E-state index < -0.39 is 6.61 Å². The Morgan fingerprint density at radius 2 is 2.10 bits per heavy atom. The average Bonchev–Trinajstić information content (AvgIpc) is 2.87. The third-order valence-corrected chi connectivity index (χ3v) is 2.77. The lowest BCUT2D eigenvalue weighted by atomic mass is 10.1. The van der Waals surface area contributed by atoms with Gasteiger partial charge in [0.2, 0.25) is 0 Å². The van der Waals surface area contributed by atoms with Crippen molar-refractivity contribution in [3.63, 3.8) is 0 Å². The molecule has 2 N–H and O–H groups in total. The normalized spacial score (nSPS) is 12.7. The van der Waals surface area contributed by atoms with Crippen LogP contribution in [0.5, 0.6) is 5.75 Å². The van der Waals surface area contributed by atoms with Crippen LogP contribution in [0.1, 0.15) is 19.2 Å².